The van der Waals surface area contributed by atoms with Crippen LogP contribution < -0.4 is 5.32 Å². The molecule has 0 aromatic heterocycles. The maximum absolute atomic E-state index is 11.2. The van der Waals surface area contributed by atoms with Crippen LogP contribution in [0.25, 0.3) is 0 Å². The summed E-state index contributed by atoms with van der Waals surface area (Å²) in [7, 11) is -0.911. The second kappa shape index (κ2) is 4.94. The van der Waals surface area contributed by atoms with Crippen molar-refractivity contribution < 1.29 is 4.21 Å². The Bertz CT molecular complexity index is 479. The van der Waals surface area contributed by atoms with Gasteiger partial charge in [0, 0.05) is 33.3 Å². The van der Waals surface area contributed by atoms with E-state index >= 15 is 0 Å². The smallest absolute Gasteiger partial charge is 0.0498 e. The van der Waals surface area contributed by atoms with Crippen LogP contribution >= 0.6 is 0 Å². The minimum absolute atomic E-state index is 0.846. The third-order valence-corrected chi connectivity index (χ3v) is 3.18. The molecule has 0 aliphatic carbocycles. The number of benzene rings is 2. The predicted molar refractivity (Wildman–Crippen MR) is 68.5 cm³/mol. The van der Waals surface area contributed by atoms with E-state index in [1.54, 1.807) is 6.26 Å². The molecule has 0 spiro atoms. The van der Waals surface area contributed by atoms with Crippen LogP contribution in [0.5, 0.6) is 0 Å². The summed E-state index contributed by atoms with van der Waals surface area (Å²) >= 11 is 0. The van der Waals surface area contributed by atoms with Crippen LogP contribution in [-0.4, -0.2) is 10.5 Å². The number of hydrogen-bond acceptors (Lipinski definition) is 2. The average Bonchev–Trinajstić information content (AvgIpc) is 2.31. The van der Waals surface area contributed by atoms with Gasteiger partial charge in [-0.3, -0.25) is 4.21 Å². The molecule has 16 heavy (non-hydrogen) atoms. The van der Waals surface area contributed by atoms with Crippen molar-refractivity contribution in [3.05, 3.63) is 54.6 Å². The molecule has 0 bridgehead atoms. The largest absolute Gasteiger partial charge is 0.356 e. The minimum Gasteiger partial charge on any atom is -0.356 e. The van der Waals surface area contributed by atoms with Crippen molar-refractivity contribution in [2.45, 2.75) is 4.90 Å². The molecule has 0 heterocycles. The highest BCUT2D eigenvalue weighted by atomic mass is 32.2. The fourth-order valence-corrected chi connectivity index (χ4v) is 1.94. The number of nitrogens with one attached hydrogen (secondary N) is 1. The monoisotopic (exact) mass is 231 g/mol. The lowest BCUT2D eigenvalue weighted by molar-refractivity contribution is 0.687. The molecule has 2 aromatic rings. The number of para-hydroxylation sites is 1. The molecule has 1 N–H and O–H groups in total. The molecule has 1 atom stereocenters. The molecule has 2 rings (SSSR count). The SMILES string of the molecule is CS(=O)c1ccc(Nc2ccccc2)cc1. The third-order valence-electron chi connectivity index (χ3n) is 2.25. The molecule has 0 aliphatic heterocycles. The highest BCUT2D eigenvalue weighted by molar-refractivity contribution is 7.84. The van der Waals surface area contributed by atoms with Gasteiger partial charge < -0.3 is 5.32 Å². The van der Waals surface area contributed by atoms with Gasteiger partial charge in [0.1, 0.15) is 0 Å². The summed E-state index contributed by atoms with van der Waals surface area (Å²) < 4.78 is 11.2. The Labute approximate surface area is 97.8 Å². The van der Waals surface area contributed by atoms with E-state index in [9.17, 15) is 4.21 Å². The second-order valence-corrected chi connectivity index (χ2v) is 4.85. The highest BCUT2D eigenvalue weighted by Gasteiger charge is 1.97. The summed E-state index contributed by atoms with van der Waals surface area (Å²) in [4.78, 5) is 0.846. The molecule has 0 amide bonds. The van der Waals surface area contributed by atoms with Crippen molar-refractivity contribution in [1.29, 1.82) is 0 Å². The maximum atomic E-state index is 11.2. The lowest BCUT2D eigenvalue weighted by Crippen LogP contribution is -1.91. The van der Waals surface area contributed by atoms with E-state index in [-0.39, 0.29) is 0 Å². The molecule has 2 nitrogen and oxygen atoms in total. The van der Waals surface area contributed by atoms with E-state index in [1.807, 2.05) is 54.6 Å². The first-order valence-corrected chi connectivity index (χ1v) is 6.57. The van der Waals surface area contributed by atoms with Crippen molar-refractivity contribution in [3.8, 4) is 0 Å². The van der Waals surface area contributed by atoms with E-state index in [1.165, 1.54) is 0 Å². The molecule has 3 heteroatoms. The average molecular weight is 231 g/mol. The fraction of sp³-hybridized carbons (Fsp3) is 0.0769. The Hall–Kier alpha value is -1.61. The first-order chi connectivity index (χ1) is 7.75. The normalized spacial score (nSPS) is 12.1. The molecule has 0 saturated heterocycles. The van der Waals surface area contributed by atoms with Crippen LogP contribution in [0.15, 0.2) is 59.5 Å². The zero-order chi connectivity index (χ0) is 11.4. The Balaban J connectivity index is 2.14. The van der Waals surface area contributed by atoms with Crippen LogP contribution in [0.2, 0.25) is 0 Å². The summed E-state index contributed by atoms with van der Waals surface area (Å²) in [6, 6.07) is 17.6. The minimum atomic E-state index is -0.911. The van der Waals surface area contributed by atoms with Crippen molar-refractivity contribution in [2.24, 2.45) is 0 Å². The molecular formula is C13H13NOS. The highest BCUT2D eigenvalue weighted by Crippen LogP contribution is 2.17. The quantitative estimate of drug-likeness (QED) is 0.879. The van der Waals surface area contributed by atoms with Gasteiger partial charge in [-0.15, -0.1) is 0 Å². The summed E-state index contributed by atoms with van der Waals surface area (Å²) in [5.41, 5.74) is 2.05. The number of rotatable bonds is 3. The lowest BCUT2D eigenvalue weighted by Gasteiger charge is -2.06. The molecule has 0 radical (unpaired) electrons. The van der Waals surface area contributed by atoms with Crippen LogP contribution in [0.4, 0.5) is 11.4 Å². The van der Waals surface area contributed by atoms with E-state index in [0.29, 0.717) is 0 Å². The van der Waals surface area contributed by atoms with Crippen molar-refractivity contribution in [1.82, 2.24) is 0 Å². The Morgan fingerprint density at radius 3 is 2.00 bits per heavy atom. The van der Waals surface area contributed by atoms with E-state index < -0.39 is 10.8 Å². The van der Waals surface area contributed by atoms with E-state index in [2.05, 4.69) is 5.32 Å². The fourth-order valence-electron chi connectivity index (χ4n) is 1.42. The standard InChI is InChI=1S/C13H13NOS/c1-16(15)13-9-7-12(8-10-13)14-11-5-3-2-4-6-11/h2-10,14H,1H3. The molecular weight excluding hydrogens is 218 g/mol. The summed E-state index contributed by atoms with van der Waals surface area (Å²) in [5.74, 6) is 0. The van der Waals surface area contributed by atoms with Gasteiger partial charge in [0.25, 0.3) is 0 Å². The van der Waals surface area contributed by atoms with Crippen LogP contribution in [-0.2, 0) is 10.8 Å². The molecule has 0 aliphatic rings. The Morgan fingerprint density at radius 2 is 1.44 bits per heavy atom. The van der Waals surface area contributed by atoms with Gasteiger partial charge in [-0.2, -0.15) is 0 Å². The van der Waals surface area contributed by atoms with Crippen molar-refractivity contribution in [3.63, 3.8) is 0 Å². The molecule has 0 saturated carbocycles. The predicted octanol–water partition coefficient (Wildman–Crippen LogP) is 3.17. The topological polar surface area (TPSA) is 29.1 Å². The Kier molecular flexibility index (Phi) is 3.37. The first-order valence-electron chi connectivity index (χ1n) is 5.01. The van der Waals surface area contributed by atoms with Crippen molar-refractivity contribution >= 4 is 22.2 Å². The third kappa shape index (κ3) is 2.70. The van der Waals surface area contributed by atoms with Gasteiger partial charge >= 0.3 is 0 Å². The number of hydrogen-bond donors (Lipinski definition) is 1. The van der Waals surface area contributed by atoms with Crippen LogP contribution in [0, 0.1) is 0 Å². The van der Waals surface area contributed by atoms with Crippen LogP contribution in [0.1, 0.15) is 0 Å². The first kappa shape index (κ1) is 10.9. The number of anilines is 2. The summed E-state index contributed by atoms with van der Waals surface area (Å²) in [6.45, 7) is 0. The molecule has 1 unspecified atom stereocenters. The molecule has 82 valence electrons. The van der Waals surface area contributed by atoms with Gasteiger partial charge in [-0.25, -0.2) is 0 Å². The lowest BCUT2D eigenvalue weighted by atomic mass is 10.3. The van der Waals surface area contributed by atoms with E-state index in [0.717, 1.165) is 16.3 Å². The summed E-state index contributed by atoms with van der Waals surface area (Å²) in [5, 5.41) is 3.27. The van der Waals surface area contributed by atoms with Gasteiger partial charge in [-0.1, -0.05) is 18.2 Å². The summed E-state index contributed by atoms with van der Waals surface area (Å²) in [6.07, 6.45) is 1.68. The van der Waals surface area contributed by atoms with Crippen molar-refractivity contribution in [2.75, 3.05) is 11.6 Å². The maximum Gasteiger partial charge on any atom is 0.0498 e. The molecule has 0 fully saturated rings. The van der Waals surface area contributed by atoms with E-state index in [4.69, 9.17) is 0 Å². The zero-order valence-corrected chi connectivity index (χ0v) is 9.83. The van der Waals surface area contributed by atoms with Gasteiger partial charge in [-0.05, 0) is 36.4 Å². The zero-order valence-electron chi connectivity index (χ0n) is 9.01. The second-order valence-electron chi connectivity index (χ2n) is 3.47. The van der Waals surface area contributed by atoms with Gasteiger partial charge in [0.2, 0.25) is 0 Å². The molecule has 2 aromatic carbocycles. The van der Waals surface area contributed by atoms with Gasteiger partial charge in [0.15, 0.2) is 0 Å². The van der Waals surface area contributed by atoms with Gasteiger partial charge in [0.05, 0.1) is 0 Å². The Morgan fingerprint density at radius 1 is 0.875 bits per heavy atom. The van der Waals surface area contributed by atoms with Crippen LogP contribution in [0.3, 0.4) is 0 Å².